The fraction of sp³-hybridized carbons (Fsp3) is 0.462. The van der Waals surface area contributed by atoms with Gasteiger partial charge in [-0.15, -0.1) is 0 Å². The van der Waals surface area contributed by atoms with Gasteiger partial charge in [0, 0.05) is 18.0 Å². The lowest BCUT2D eigenvalue weighted by Gasteiger charge is -2.15. The summed E-state index contributed by atoms with van der Waals surface area (Å²) in [6.45, 7) is 0.493. The second-order valence-corrected chi connectivity index (χ2v) is 5.80. The highest BCUT2D eigenvalue weighted by Crippen LogP contribution is 2.25. The van der Waals surface area contributed by atoms with Crippen LogP contribution in [0.1, 0.15) is 29.6 Å². The molecule has 1 fully saturated rings. The van der Waals surface area contributed by atoms with Crippen LogP contribution < -0.4 is 5.32 Å². The summed E-state index contributed by atoms with van der Waals surface area (Å²) in [7, 11) is 0. The van der Waals surface area contributed by atoms with Crippen molar-refractivity contribution in [2.75, 3.05) is 6.54 Å². The number of phenols is 1. The van der Waals surface area contributed by atoms with E-state index in [0.29, 0.717) is 12.1 Å². The van der Waals surface area contributed by atoms with Crippen LogP contribution in [0.15, 0.2) is 18.2 Å². The number of carbonyl (C=O) groups is 1. The predicted octanol–water partition coefficient (Wildman–Crippen LogP) is 1.89. The summed E-state index contributed by atoms with van der Waals surface area (Å²) in [6, 6.07) is 4.85. The van der Waals surface area contributed by atoms with Crippen molar-refractivity contribution in [1.82, 2.24) is 5.32 Å². The van der Waals surface area contributed by atoms with Gasteiger partial charge in [0.1, 0.15) is 5.75 Å². The van der Waals surface area contributed by atoms with E-state index in [1.165, 1.54) is 6.07 Å². The number of benzene rings is 1. The normalized spacial score (nSPS) is 23.0. The molecule has 3 N–H and O–H groups in total. The third-order valence-corrected chi connectivity index (χ3v) is 4.26. The fourth-order valence-corrected chi connectivity index (χ4v) is 2.57. The molecule has 0 saturated heterocycles. The zero-order chi connectivity index (χ0) is 13.1. The van der Waals surface area contributed by atoms with Crippen LogP contribution in [-0.4, -0.2) is 28.8 Å². The van der Waals surface area contributed by atoms with Gasteiger partial charge in [-0.2, -0.15) is 0 Å². The topological polar surface area (TPSA) is 69.6 Å². The first-order valence-corrected chi connectivity index (χ1v) is 7.10. The van der Waals surface area contributed by atoms with Gasteiger partial charge >= 0.3 is 0 Å². The molecule has 2 rings (SSSR count). The van der Waals surface area contributed by atoms with E-state index in [2.05, 4.69) is 5.32 Å². The fourth-order valence-electron chi connectivity index (χ4n) is 2.24. The van der Waals surface area contributed by atoms with Gasteiger partial charge in [0.25, 0.3) is 5.91 Å². The van der Waals surface area contributed by atoms with Crippen molar-refractivity contribution in [3.05, 3.63) is 27.3 Å². The third kappa shape index (κ3) is 3.14. The van der Waals surface area contributed by atoms with Gasteiger partial charge in [-0.3, -0.25) is 4.79 Å². The van der Waals surface area contributed by atoms with E-state index in [1.807, 2.05) is 22.6 Å². The molecule has 4 nitrogen and oxygen atoms in total. The summed E-state index contributed by atoms with van der Waals surface area (Å²) in [6.07, 6.45) is 2.51. The van der Waals surface area contributed by atoms with E-state index in [0.717, 1.165) is 22.8 Å². The van der Waals surface area contributed by atoms with E-state index in [-0.39, 0.29) is 23.7 Å². The van der Waals surface area contributed by atoms with Crippen molar-refractivity contribution >= 4 is 28.5 Å². The van der Waals surface area contributed by atoms with E-state index in [1.54, 1.807) is 12.1 Å². The van der Waals surface area contributed by atoms with Gasteiger partial charge in [-0.05, 0) is 53.6 Å². The summed E-state index contributed by atoms with van der Waals surface area (Å²) in [5.74, 6) is 0.0661. The first-order chi connectivity index (χ1) is 8.58. The number of carbonyl (C=O) groups excluding carboxylic acids is 1. The zero-order valence-corrected chi connectivity index (χ0v) is 12.1. The number of halogens is 1. The summed E-state index contributed by atoms with van der Waals surface area (Å²) in [4.78, 5) is 11.9. The number of amides is 1. The Morgan fingerprint density at radius 2 is 2.22 bits per heavy atom. The van der Waals surface area contributed by atoms with E-state index in [9.17, 15) is 15.0 Å². The molecule has 0 bridgehead atoms. The highest BCUT2D eigenvalue weighted by atomic mass is 127. The number of rotatable bonds is 3. The van der Waals surface area contributed by atoms with Crippen LogP contribution in [0.2, 0.25) is 0 Å². The summed E-state index contributed by atoms with van der Waals surface area (Å²) >= 11 is 2.00. The second kappa shape index (κ2) is 5.88. The van der Waals surface area contributed by atoms with Crippen LogP contribution in [0, 0.1) is 9.49 Å². The first-order valence-electron chi connectivity index (χ1n) is 6.02. The number of aliphatic hydroxyl groups is 1. The molecule has 1 aromatic rings. The largest absolute Gasteiger partial charge is 0.507 e. The number of phenolic OH excluding ortho intramolecular Hbond substituents is 1. The second-order valence-electron chi connectivity index (χ2n) is 4.63. The van der Waals surface area contributed by atoms with E-state index in [4.69, 9.17) is 0 Å². The Balaban J connectivity index is 1.93. The van der Waals surface area contributed by atoms with Gasteiger partial charge in [0.15, 0.2) is 0 Å². The molecule has 1 amide bonds. The number of aliphatic hydroxyl groups excluding tert-OH is 1. The quantitative estimate of drug-likeness (QED) is 0.721. The highest BCUT2D eigenvalue weighted by molar-refractivity contribution is 14.1. The maximum atomic E-state index is 11.9. The summed E-state index contributed by atoms with van der Waals surface area (Å²) in [5, 5.41) is 22.0. The average molecular weight is 361 g/mol. The summed E-state index contributed by atoms with van der Waals surface area (Å²) < 4.78 is 0.718. The molecule has 18 heavy (non-hydrogen) atoms. The standard InChI is InChI=1S/C13H16INO3/c14-10-5-4-8(6-12(10)17)13(18)15-7-9-2-1-3-11(9)16/h4-6,9,11,16-17H,1-3,7H2,(H,15,18). The molecule has 1 aliphatic rings. The molecule has 0 aromatic heterocycles. The van der Waals surface area contributed by atoms with Crippen LogP contribution in [0.5, 0.6) is 5.75 Å². The van der Waals surface area contributed by atoms with Crippen LogP contribution in [0.25, 0.3) is 0 Å². The van der Waals surface area contributed by atoms with Crippen molar-refractivity contribution < 1.29 is 15.0 Å². The maximum Gasteiger partial charge on any atom is 0.251 e. The molecule has 0 spiro atoms. The predicted molar refractivity (Wildman–Crippen MR) is 76.5 cm³/mol. The van der Waals surface area contributed by atoms with E-state index >= 15 is 0 Å². The lowest BCUT2D eigenvalue weighted by molar-refractivity contribution is 0.0916. The van der Waals surface area contributed by atoms with Crippen LogP contribution >= 0.6 is 22.6 Å². The minimum absolute atomic E-state index is 0.115. The molecule has 1 aromatic carbocycles. The number of hydrogen-bond acceptors (Lipinski definition) is 3. The lowest BCUT2D eigenvalue weighted by atomic mass is 10.1. The third-order valence-electron chi connectivity index (χ3n) is 3.35. The Labute approximate surface area is 120 Å². The number of aromatic hydroxyl groups is 1. The van der Waals surface area contributed by atoms with Crippen LogP contribution in [0.4, 0.5) is 0 Å². The molecule has 0 radical (unpaired) electrons. The lowest BCUT2D eigenvalue weighted by Crippen LogP contribution is -2.32. The summed E-state index contributed by atoms with van der Waals surface area (Å²) in [5.41, 5.74) is 0.445. The Bertz CT molecular complexity index is 450. The number of nitrogens with one attached hydrogen (secondary N) is 1. The molecule has 2 unspecified atom stereocenters. The SMILES string of the molecule is O=C(NCC1CCCC1O)c1ccc(I)c(O)c1. The van der Waals surface area contributed by atoms with Crippen molar-refractivity contribution in [2.45, 2.75) is 25.4 Å². The molecule has 98 valence electrons. The van der Waals surface area contributed by atoms with Gasteiger partial charge in [-0.1, -0.05) is 6.42 Å². The Kier molecular flexibility index (Phi) is 4.45. The monoisotopic (exact) mass is 361 g/mol. The van der Waals surface area contributed by atoms with Gasteiger partial charge in [-0.25, -0.2) is 0 Å². The number of hydrogen-bond donors (Lipinski definition) is 3. The van der Waals surface area contributed by atoms with Gasteiger partial charge in [0.2, 0.25) is 0 Å². The molecular formula is C13H16INO3. The first kappa shape index (κ1) is 13.6. The van der Waals surface area contributed by atoms with Crippen molar-refractivity contribution in [1.29, 1.82) is 0 Å². The molecule has 0 aliphatic heterocycles. The maximum absolute atomic E-state index is 11.9. The van der Waals surface area contributed by atoms with Crippen LogP contribution in [0.3, 0.4) is 0 Å². The average Bonchev–Trinajstić information content (AvgIpc) is 2.75. The molecule has 1 saturated carbocycles. The molecular weight excluding hydrogens is 345 g/mol. The smallest absolute Gasteiger partial charge is 0.251 e. The highest BCUT2D eigenvalue weighted by Gasteiger charge is 2.25. The molecule has 0 heterocycles. The molecule has 2 atom stereocenters. The van der Waals surface area contributed by atoms with Crippen molar-refractivity contribution in [3.63, 3.8) is 0 Å². The zero-order valence-electron chi connectivity index (χ0n) is 9.90. The Morgan fingerprint density at radius 1 is 1.44 bits per heavy atom. The molecule has 1 aliphatic carbocycles. The van der Waals surface area contributed by atoms with Crippen LogP contribution in [-0.2, 0) is 0 Å². The van der Waals surface area contributed by atoms with E-state index < -0.39 is 0 Å². The van der Waals surface area contributed by atoms with Crippen molar-refractivity contribution in [3.8, 4) is 5.75 Å². The Hall–Kier alpha value is -0.820. The molecule has 5 heteroatoms. The Morgan fingerprint density at radius 3 is 2.83 bits per heavy atom. The minimum atomic E-state index is -0.296. The van der Waals surface area contributed by atoms with Gasteiger partial charge < -0.3 is 15.5 Å². The van der Waals surface area contributed by atoms with Crippen molar-refractivity contribution in [2.24, 2.45) is 5.92 Å². The van der Waals surface area contributed by atoms with Gasteiger partial charge in [0.05, 0.1) is 9.67 Å². The minimum Gasteiger partial charge on any atom is -0.507 e.